The molecular formula is C28H29N3O5. The van der Waals surface area contributed by atoms with Crippen molar-refractivity contribution >= 4 is 28.2 Å². The first-order valence-corrected chi connectivity index (χ1v) is 11.4. The van der Waals surface area contributed by atoms with Gasteiger partial charge in [-0.25, -0.2) is 0 Å². The second-order valence-corrected chi connectivity index (χ2v) is 8.35. The SMILES string of the molecule is COc1cc(NC(=O)Cn2c(=O)c(CNc3ccc(C)cc3)cc3ccc(OC)cc32)cc(OC)c1. The van der Waals surface area contributed by atoms with Gasteiger partial charge >= 0.3 is 0 Å². The molecule has 0 spiro atoms. The van der Waals surface area contributed by atoms with Gasteiger partial charge in [0.1, 0.15) is 23.8 Å². The summed E-state index contributed by atoms with van der Waals surface area (Å²) >= 11 is 0. The molecule has 1 amide bonds. The standard InChI is InChI=1S/C28H29N3O5/c1-18-5-8-21(9-6-18)29-16-20-11-19-7-10-23(34-2)15-26(19)31(28(20)33)17-27(32)30-22-12-24(35-3)14-25(13-22)36-4/h5-15,29H,16-17H2,1-4H3,(H,30,32). The predicted molar refractivity (Wildman–Crippen MR) is 141 cm³/mol. The lowest BCUT2D eigenvalue weighted by Gasteiger charge is -2.15. The van der Waals surface area contributed by atoms with E-state index in [9.17, 15) is 9.59 Å². The van der Waals surface area contributed by atoms with Crippen LogP contribution in [0.3, 0.4) is 0 Å². The van der Waals surface area contributed by atoms with Crippen molar-refractivity contribution in [3.63, 3.8) is 0 Å². The normalized spacial score (nSPS) is 10.7. The van der Waals surface area contributed by atoms with Crippen LogP contribution < -0.4 is 30.4 Å². The second-order valence-electron chi connectivity index (χ2n) is 8.35. The zero-order valence-corrected chi connectivity index (χ0v) is 20.8. The van der Waals surface area contributed by atoms with Gasteiger partial charge in [-0.05, 0) is 42.6 Å². The Morgan fingerprint density at radius 2 is 1.47 bits per heavy atom. The van der Waals surface area contributed by atoms with Crippen LogP contribution in [0.1, 0.15) is 11.1 Å². The van der Waals surface area contributed by atoms with Gasteiger partial charge in [0.05, 0.1) is 26.8 Å². The van der Waals surface area contributed by atoms with E-state index in [4.69, 9.17) is 14.2 Å². The first-order chi connectivity index (χ1) is 17.4. The third kappa shape index (κ3) is 5.60. The van der Waals surface area contributed by atoms with Crippen molar-refractivity contribution in [1.82, 2.24) is 4.57 Å². The highest BCUT2D eigenvalue weighted by Gasteiger charge is 2.14. The number of hydrogen-bond donors (Lipinski definition) is 2. The number of hydrogen-bond acceptors (Lipinski definition) is 6. The van der Waals surface area contributed by atoms with E-state index in [1.807, 2.05) is 49.4 Å². The fraction of sp³-hybridized carbons (Fsp3) is 0.214. The summed E-state index contributed by atoms with van der Waals surface area (Å²) in [4.78, 5) is 26.6. The second kappa shape index (κ2) is 10.9. The number of nitrogens with zero attached hydrogens (tertiary/aromatic N) is 1. The Bertz CT molecular complexity index is 1420. The van der Waals surface area contributed by atoms with Crippen LogP contribution in [-0.4, -0.2) is 31.8 Å². The van der Waals surface area contributed by atoms with Crippen LogP contribution in [-0.2, 0) is 17.9 Å². The molecule has 1 heterocycles. The maximum absolute atomic E-state index is 13.5. The van der Waals surface area contributed by atoms with E-state index in [1.165, 1.54) is 18.8 Å². The molecule has 8 nitrogen and oxygen atoms in total. The molecule has 0 aliphatic carbocycles. The Kier molecular flexibility index (Phi) is 7.44. The number of nitrogens with one attached hydrogen (secondary N) is 2. The molecule has 1 aromatic heterocycles. The number of pyridine rings is 1. The minimum Gasteiger partial charge on any atom is -0.497 e. The molecule has 8 heteroatoms. The van der Waals surface area contributed by atoms with E-state index in [0.29, 0.717) is 40.6 Å². The summed E-state index contributed by atoms with van der Waals surface area (Å²) in [6.07, 6.45) is 0. The van der Waals surface area contributed by atoms with Crippen LogP contribution in [0.15, 0.2) is 71.5 Å². The number of fused-ring (bicyclic) bond motifs is 1. The topological polar surface area (TPSA) is 90.8 Å². The average molecular weight is 488 g/mol. The number of ether oxygens (including phenoxy) is 3. The van der Waals surface area contributed by atoms with Crippen LogP contribution in [0.4, 0.5) is 11.4 Å². The zero-order chi connectivity index (χ0) is 25.7. The quantitative estimate of drug-likeness (QED) is 0.359. The molecule has 0 radical (unpaired) electrons. The number of rotatable bonds is 9. The molecule has 4 rings (SSSR count). The predicted octanol–water partition coefficient (Wildman–Crippen LogP) is 4.59. The molecule has 186 valence electrons. The van der Waals surface area contributed by atoms with Crippen LogP contribution in [0.25, 0.3) is 10.9 Å². The van der Waals surface area contributed by atoms with Crippen LogP contribution in [0.2, 0.25) is 0 Å². The van der Waals surface area contributed by atoms with E-state index in [0.717, 1.165) is 16.6 Å². The lowest BCUT2D eigenvalue weighted by Crippen LogP contribution is -2.30. The number of benzene rings is 3. The molecule has 3 aromatic carbocycles. The van der Waals surface area contributed by atoms with Gasteiger partial charge < -0.3 is 24.8 Å². The monoisotopic (exact) mass is 487 g/mol. The summed E-state index contributed by atoms with van der Waals surface area (Å²) in [6.45, 7) is 2.16. The maximum Gasteiger partial charge on any atom is 0.256 e. The van der Waals surface area contributed by atoms with Crippen molar-refractivity contribution < 1.29 is 19.0 Å². The van der Waals surface area contributed by atoms with Crippen molar-refractivity contribution in [2.75, 3.05) is 32.0 Å². The molecule has 0 atom stereocenters. The summed E-state index contributed by atoms with van der Waals surface area (Å²) in [6, 6.07) is 20.3. The molecule has 0 saturated heterocycles. The Morgan fingerprint density at radius 3 is 2.11 bits per heavy atom. The largest absolute Gasteiger partial charge is 0.497 e. The summed E-state index contributed by atoms with van der Waals surface area (Å²) < 4.78 is 17.4. The van der Waals surface area contributed by atoms with Gasteiger partial charge in [-0.3, -0.25) is 14.2 Å². The number of anilines is 2. The Balaban J connectivity index is 1.66. The number of methoxy groups -OCH3 is 3. The van der Waals surface area contributed by atoms with Gasteiger partial charge in [-0.15, -0.1) is 0 Å². The van der Waals surface area contributed by atoms with E-state index < -0.39 is 0 Å². The third-order valence-corrected chi connectivity index (χ3v) is 5.85. The number of aryl methyl sites for hydroxylation is 1. The maximum atomic E-state index is 13.5. The van der Waals surface area contributed by atoms with Crippen LogP contribution in [0.5, 0.6) is 17.2 Å². The molecular weight excluding hydrogens is 458 g/mol. The number of aromatic nitrogens is 1. The smallest absolute Gasteiger partial charge is 0.256 e. The van der Waals surface area contributed by atoms with Gasteiger partial charge in [-0.2, -0.15) is 0 Å². The van der Waals surface area contributed by atoms with Gasteiger partial charge in [0, 0.05) is 47.7 Å². The van der Waals surface area contributed by atoms with Crippen LogP contribution >= 0.6 is 0 Å². The number of carbonyl (C=O) groups is 1. The molecule has 36 heavy (non-hydrogen) atoms. The van der Waals surface area contributed by atoms with Crippen molar-refractivity contribution in [2.24, 2.45) is 0 Å². The molecule has 0 aliphatic rings. The third-order valence-electron chi connectivity index (χ3n) is 5.85. The van der Waals surface area contributed by atoms with Gasteiger partial charge in [0.15, 0.2) is 0 Å². The fourth-order valence-electron chi connectivity index (χ4n) is 3.91. The first-order valence-electron chi connectivity index (χ1n) is 11.4. The molecule has 2 N–H and O–H groups in total. The number of carbonyl (C=O) groups excluding carboxylic acids is 1. The lowest BCUT2D eigenvalue weighted by atomic mass is 10.1. The molecule has 0 fully saturated rings. The van der Waals surface area contributed by atoms with Gasteiger partial charge in [0.2, 0.25) is 5.91 Å². The van der Waals surface area contributed by atoms with Gasteiger partial charge in [0.25, 0.3) is 5.56 Å². The van der Waals surface area contributed by atoms with Crippen molar-refractivity contribution in [2.45, 2.75) is 20.0 Å². The highest BCUT2D eigenvalue weighted by molar-refractivity contribution is 5.92. The van der Waals surface area contributed by atoms with Gasteiger partial charge in [-0.1, -0.05) is 17.7 Å². The first kappa shape index (κ1) is 24.7. The van der Waals surface area contributed by atoms with Crippen molar-refractivity contribution in [1.29, 1.82) is 0 Å². The molecule has 0 saturated carbocycles. The van der Waals surface area contributed by atoms with E-state index in [1.54, 1.807) is 31.4 Å². The Morgan fingerprint density at radius 1 is 0.806 bits per heavy atom. The van der Waals surface area contributed by atoms with E-state index in [-0.39, 0.29) is 18.0 Å². The average Bonchev–Trinajstić information content (AvgIpc) is 2.89. The minimum absolute atomic E-state index is 0.180. The Labute approximate surface area is 209 Å². The van der Waals surface area contributed by atoms with E-state index in [2.05, 4.69) is 10.6 Å². The molecule has 0 aliphatic heterocycles. The summed E-state index contributed by atoms with van der Waals surface area (Å²) in [7, 11) is 4.64. The van der Waals surface area contributed by atoms with E-state index >= 15 is 0 Å². The number of amides is 1. The minimum atomic E-state index is -0.361. The van der Waals surface area contributed by atoms with Crippen molar-refractivity contribution in [3.05, 3.63) is 88.2 Å². The van der Waals surface area contributed by atoms with Crippen molar-refractivity contribution in [3.8, 4) is 17.2 Å². The highest BCUT2D eigenvalue weighted by atomic mass is 16.5. The zero-order valence-electron chi connectivity index (χ0n) is 20.8. The fourth-order valence-corrected chi connectivity index (χ4v) is 3.91. The molecule has 0 bridgehead atoms. The molecule has 4 aromatic rings. The summed E-state index contributed by atoms with van der Waals surface area (Å²) in [5.41, 5.74) is 3.46. The summed E-state index contributed by atoms with van der Waals surface area (Å²) in [5, 5.41) is 6.96. The van der Waals surface area contributed by atoms with Crippen LogP contribution in [0, 0.1) is 6.92 Å². The summed E-state index contributed by atoms with van der Waals surface area (Å²) in [5.74, 6) is 1.32. The molecule has 0 unspecified atom stereocenters. The Hall–Kier alpha value is -4.46. The lowest BCUT2D eigenvalue weighted by molar-refractivity contribution is -0.116. The highest BCUT2D eigenvalue weighted by Crippen LogP contribution is 2.26.